The number of imidazole rings is 1. The van der Waals surface area contributed by atoms with E-state index in [1.807, 2.05) is 6.20 Å². The van der Waals surface area contributed by atoms with Gasteiger partial charge in [0.05, 0.1) is 0 Å². The Morgan fingerprint density at radius 3 is 3.00 bits per heavy atom. The van der Waals surface area contributed by atoms with Gasteiger partial charge in [0.1, 0.15) is 0 Å². The first-order valence-electron chi connectivity index (χ1n) is 5.90. The molecule has 0 saturated carbocycles. The van der Waals surface area contributed by atoms with Gasteiger partial charge in [-0.1, -0.05) is 34.6 Å². The molecule has 0 spiro atoms. The smallest absolute Gasteiger partial charge is 0.170 e. The van der Waals surface area contributed by atoms with Gasteiger partial charge in [-0.25, -0.2) is 4.98 Å². The van der Waals surface area contributed by atoms with Crippen LogP contribution in [0.25, 0.3) is 0 Å². The molecule has 0 aliphatic rings. The van der Waals surface area contributed by atoms with Crippen LogP contribution < -0.4 is 5.32 Å². The van der Waals surface area contributed by atoms with E-state index in [0.717, 1.165) is 16.2 Å². The normalized spacial score (nSPS) is 12.6. The minimum absolute atomic E-state index is 0.324. The monoisotopic (exact) mass is 325 g/mol. The zero-order valence-corrected chi connectivity index (χ0v) is 12.8. The van der Waals surface area contributed by atoms with Crippen LogP contribution in [0.1, 0.15) is 25.5 Å². The highest BCUT2D eigenvalue weighted by Gasteiger charge is 2.12. The van der Waals surface area contributed by atoms with Crippen molar-refractivity contribution in [1.29, 1.82) is 0 Å². The molecule has 0 aliphatic heterocycles. The first-order chi connectivity index (χ1) is 8.70. The minimum Gasteiger partial charge on any atom is -0.339 e. The first-order valence-corrected chi connectivity index (χ1v) is 7.51. The van der Waals surface area contributed by atoms with E-state index in [2.05, 4.69) is 63.3 Å². The SMILES string of the molecule is CCNC(C)c1cc(Br)ccc1Sc1ncc[nH]1. The van der Waals surface area contributed by atoms with Crippen LogP contribution in [0.15, 0.2) is 45.1 Å². The van der Waals surface area contributed by atoms with Crippen LogP contribution in [-0.2, 0) is 0 Å². The highest BCUT2D eigenvalue weighted by molar-refractivity contribution is 9.10. The maximum atomic E-state index is 4.26. The molecule has 0 fully saturated rings. The molecular weight excluding hydrogens is 310 g/mol. The third-order valence-electron chi connectivity index (χ3n) is 2.63. The zero-order valence-electron chi connectivity index (χ0n) is 10.4. The van der Waals surface area contributed by atoms with Crippen LogP contribution in [0.3, 0.4) is 0 Å². The molecule has 5 heteroatoms. The lowest BCUT2D eigenvalue weighted by atomic mass is 10.1. The molecule has 3 nitrogen and oxygen atoms in total. The summed E-state index contributed by atoms with van der Waals surface area (Å²) in [5.41, 5.74) is 1.28. The summed E-state index contributed by atoms with van der Waals surface area (Å²) in [6, 6.07) is 6.68. The Morgan fingerprint density at radius 1 is 1.50 bits per heavy atom. The van der Waals surface area contributed by atoms with E-state index in [1.54, 1.807) is 18.0 Å². The van der Waals surface area contributed by atoms with Gasteiger partial charge in [-0.3, -0.25) is 0 Å². The van der Waals surface area contributed by atoms with E-state index in [9.17, 15) is 0 Å². The van der Waals surface area contributed by atoms with Gasteiger partial charge in [-0.05, 0) is 37.2 Å². The number of H-pyrrole nitrogens is 1. The van der Waals surface area contributed by atoms with Gasteiger partial charge >= 0.3 is 0 Å². The molecule has 1 heterocycles. The number of halogens is 1. The summed E-state index contributed by atoms with van der Waals surface area (Å²) >= 11 is 5.19. The molecule has 2 N–H and O–H groups in total. The molecule has 0 bridgehead atoms. The molecule has 2 rings (SSSR count). The number of rotatable bonds is 5. The summed E-state index contributed by atoms with van der Waals surface area (Å²) < 4.78 is 1.10. The van der Waals surface area contributed by atoms with Crippen molar-refractivity contribution in [1.82, 2.24) is 15.3 Å². The maximum absolute atomic E-state index is 4.26. The molecule has 1 atom stereocenters. The molecule has 2 aromatic rings. The summed E-state index contributed by atoms with van der Waals surface area (Å²) in [7, 11) is 0. The number of benzene rings is 1. The quantitative estimate of drug-likeness (QED) is 0.873. The van der Waals surface area contributed by atoms with Crippen molar-refractivity contribution in [2.24, 2.45) is 0 Å². The van der Waals surface area contributed by atoms with Crippen molar-refractivity contribution in [2.75, 3.05) is 6.54 Å². The molecular formula is C13H16BrN3S. The standard InChI is InChI=1S/C13H16BrN3S/c1-3-15-9(2)11-8-10(14)4-5-12(11)18-13-16-6-7-17-13/h4-9,15H,3H2,1-2H3,(H,16,17). The third kappa shape index (κ3) is 3.37. The lowest BCUT2D eigenvalue weighted by Crippen LogP contribution is -2.18. The summed E-state index contributed by atoms with van der Waals surface area (Å²) in [5, 5.41) is 4.36. The highest BCUT2D eigenvalue weighted by atomic mass is 79.9. The van der Waals surface area contributed by atoms with E-state index in [1.165, 1.54) is 10.5 Å². The Bertz CT molecular complexity index is 499. The number of aromatic nitrogens is 2. The van der Waals surface area contributed by atoms with Crippen molar-refractivity contribution < 1.29 is 0 Å². The zero-order chi connectivity index (χ0) is 13.0. The van der Waals surface area contributed by atoms with E-state index in [4.69, 9.17) is 0 Å². The van der Waals surface area contributed by atoms with Crippen LogP contribution >= 0.6 is 27.7 Å². The van der Waals surface area contributed by atoms with Gasteiger partial charge < -0.3 is 10.3 Å². The molecule has 1 aromatic heterocycles. The molecule has 18 heavy (non-hydrogen) atoms. The van der Waals surface area contributed by atoms with Crippen molar-refractivity contribution in [3.63, 3.8) is 0 Å². The predicted molar refractivity (Wildman–Crippen MR) is 78.9 cm³/mol. The van der Waals surface area contributed by atoms with E-state index < -0.39 is 0 Å². The topological polar surface area (TPSA) is 40.7 Å². The van der Waals surface area contributed by atoms with E-state index in [0.29, 0.717) is 6.04 Å². The average Bonchev–Trinajstić information content (AvgIpc) is 2.84. The molecule has 1 unspecified atom stereocenters. The Morgan fingerprint density at radius 2 is 2.33 bits per heavy atom. The predicted octanol–water partition coefficient (Wildman–Crippen LogP) is 3.99. The van der Waals surface area contributed by atoms with Crippen LogP contribution in [0, 0.1) is 0 Å². The van der Waals surface area contributed by atoms with Crippen LogP contribution in [0.2, 0.25) is 0 Å². The number of nitrogens with zero attached hydrogens (tertiary/aromatic N) is 1. The molecule has 0 amide bonds. The van der Waals surface area contributed by atoms with Crippen molar-refractivity contribution in [3.8, 4) is 0 Å². The number of nitrogens with one attached hydrogen (secondary N) is 2. The minimum atomic E-state index is 0.324. The van der Waals surface area contributed by atoms with E-state index >= 15 is 0 Å². The lowest BCUT2D eigenvalue weighted by Gasteiger charge is -2.16. The Balaban J connectivity index is 2.28. The number of aromatic amines is 1. The van der Waals surface area contributed by atoms with Crippen molar-refractivity contribution in [2.45, 2.75) is 29.9 Å². The molecule has 0 aliphatic carbocycles. The Labute approximate surface area is 120 Å². The second kappa shape index (κ2) is 6.41. The first kappa shape index (κ1) is 13.6. The van der Waals surface area contributed by atoms with Crippen molar-refractivity contribution >= 4 is 27.7 Å². The second-order valence-corrected chi connectivity index (χ2v) is 5.90. The van der Waals surface area contributed by atoms with Gasteiger partial charge in [0.15, 0.2) is 5.16 Å². The average molecular weight is 326 g/mol. The fourth-order valence-corrected chi connectivity index (χ4v) is 3.09. The Hall–Kier alpha value is -0.780. The number of hydrogen-bond donors (Lipinski definition) is 2. The van der Waals surface area contributed by atoms with Gasteiger partial charge in [0.25, 0.3) is 0 Å². The summed E-state index contributed by atoms with van der Waals surface area (Å²) in [6.07, 6.45) is 3.61. The lowest BCUT2D eigenvalue weighted by molar-refractivity contribution is 0.589. The van der Waals surface area contributed by atoms with Gasteiger partial charge in [0, 0.05) is 27.8 Å². The second-order valence-electron chi connectivity index (χ2n) is 3.96. The fourth-order valence-electron chi connectivity index (χ4n) is 1.78. The van der Waals surface area contributed by atoms with Crippen LogP contribution in [0.4, 0.5) is 0 Å². The van der Waals surface area contributed by atoms with E-state index in [-0.39, 0.29) is 0 Å². The highest BCUT2D eigenvalue weighted by Crippen LogP contribution is 2.33. The Kier molecular flexibility index (Phi) is 4.86. The third-order valence-corrected chi connectivity index (χ3v) is 4.13. The van der Waals surface area contributed by atoms with Gasteiger partial charge in [0.2, 0.25) is 0 Å². The largest absolute Gasteiger partial charge is 0.339 e. The summed E-state index contributed by atoms with van der Waals surface area (Å²) in [6.45, 7) is 5.25. The van der Waals surface area contributed by atoms with Crippen LogP contribution in [-0.4, -0.2) is 16.5 Å². The molecule has 0 saturated heterocycles. The van der Waals surface area contributed by atoms with Crippen molar-refractivity contribution in [3.05, 3.63) is 40.6 Å². The van der Waals surface area contributed by atoms with Crippen LogP contribution in [0.5, 0.6) is 0 Å². The maximum Gasteiger partial charge on any atom is 0.170 e. The van der Waals surface area contributed by atoms with Gasteiger partial charge in [-0.15, -0.1) is 0 Å². The summed E-state index contributed by atoms with van der Waals surface area (Å²) in [4.78, 5) is 8.60. The molecule has 0 radical (unpaired) electrons. The van der Waals surface area contributed by atoms with Gasteiger partial charge in [-0.2, -0.15) is 0 Å². The fraction of sp³-hybridized carbons (Fsp3) is 0.308. The number of hydrogen-bond acceptors (Lipinski definition) is 3. The summed E-state index contributed by atoms with van der Waals surface area (Å²) in [5.74, 6) is 0. The molecule has 1 aromatic carbocycles. The molecule has 96 valence electrons.